The number of aromatic hydroxyl groups is 3. The van der Waals surface area contributed by atoms with Gasteiger partial charge in [0.05, 0.1) is 19.2 Å². The highest BCUT2D eigenvalue weighted by molar-refractivity contribution is 7.80. The van der Waals surface area contributed by atoms with Crippen LogP contribution in [-0.2, 0) is 88.0 Å². The molecule has 23 N–H and O–H groups in total. The van der Waals surface area contributed by atoms with Crippen molar-refractivity contribution < 1.29 is 82.8 Å². The molecule has 0 saturated heterocycles. The third-order valence-corrected chi connectivity index (χ3v) is 15.7. The number of hydrogen-bond acceptors (Lipinski definition) is 19. The molecule has 4 rings (SSSR count). The van der Waals surface area contributed by atoms with Gasteiger partial charge >= 0.3 is 5.97 Å². The quantitative estimate of drug-likeness (QED) is 0.00890. The van der Waals surface area contributed by atoms with Gasteiger partial charge in [-0.2, -0.15) is 12.6 Å². The number of aromatic amines is 1. The minimum absolute atomic E-state index is 0.0177. The Morgan fingerprint density at radius 3 is 1.28 bits per heavy atom. The van der Waals surface area contributed by atoms with Gasteiger partial charge in [0.25, 0.3) is 0 Å². The van der Waals surface area contributed by atoms with E-state index in [9.17, 15) is 82.8 Å². The van der Waals surface area contributed by atoms with E-state index < -0.39 is 169 Å². The SMILES string of the molecule is CC[C@H](C)[C@H](NC(=O)[C@H](Cc1ccc(O)cc1)NC(C)=O)C(=O)N[C@@H](CCCN=C(N)N)C(=O)N[C@@H](CC(C)C)C(=O)N[C@@H](Cc1ccc(O)cc1)C(=O)N[C@@H](CC(=O)O)C(=O)N[C@@H](Cc1ccc(O)cc1)C(=O)N[C@@H](Cc1cnc[nH]1)C(=O)N[C@@H](CC(N)=O)C(=O)N[C@@H](CS)C(N)=O. The first-order chi connectivity index (χ1) is 46.7. The van der Waals surface area contributed by atoms with Crippen LogP contribution in [0.2, 0.25) is 0 Å². The number of carbonyl (C=O) groups is 13. The molecular weight excluding hydrogens is 1310 g/mol. The molecule has 0 bridgehead atoms. The fraction of sp³-hybridized carbons (Fsp3) is 0.453. The lowest BCUT2D eigenvalue weighted by atomic mass is 9.96. The molecule has 0 aliphatic heterocycles. The number of phenolic OH excluding ortho intramolecular Hbond substituents is 3. The van der Waals surface area contributed by atoms with Gasteiger partial charge in [0.1, 0.15) is 77.7 Å². The summed E-state index contributed by atoms with van der Waals surface area (Å²) in [7, 11) is 0. The Hall–Kier alpha value is -11.0. The number of carbonyl (C=O) groups excluding carboxylic acids is 12. The molecule has 35 heteroatoms. The second-order valence-electron chi connectivity index (χ2n) is 23.9. The summed E-state index contributed by atoms with van der Waals surface area (Å²) < 4.78 is 0. The summed E-state index contributed by atoms with van der Waals surface area (Å²) in [6.45, 7) is 8.05. The number of nitrogens with zero attached hydrogens (tertiary/aromatic N) is 2. The lowest BCUT2D eigenvalue weighted by Gasteiger charge is -2.30. The topological polar surface area (TPSA) is 568 Å². The van der Waals surface area contributed by atoms with Gasteiger partial charge in [-0.3, -0.25) is 67.3 Å². The third kappa shape index (κ3) is 28.3. The number of guanidine groups is 1. The predicted octanol–water partition coefficient (Wildman–Crippen LogP) is -3.42. The van der Waals surface area contributed by atoms with E-state index in [0.717, 1.165) is 0 Å². The van der Waals surface area contributed by atoms with Crippen LogP contribution in [0.5, 0.6) is 17.2 Å². The maximum absolute atomic E-state index is 14.8. The number of benzene rings is 3. The largest absolute Gasteiger partial charge is 0.508 e. The normalized spacial score (nSPS) is 14.3. The van der Waals surface area contributed by atoms with Crippen molar-refractivity contribution in [3.8, 4) is 17.2 Å². The van der Waals surface area contributed by atoms with E-state index in [4.69, 9.17) is 22.9 Å². The second kappa shape index (κ2) is 39.9. The number of carboxylic acid groups (broad SMARTS) is 1. The molecule has 0 spiro atoms. The van der Waals surface area contributed by atoms with E-state index in [2.05, 4.69) is 80.8 Å². The molecule has 0 fully saturated rings. The number of aliphatic imine (C=N–C) groups is 1. The molecule has 0 unspecified atom stereocenters. The molecule has 0 radical (unpaired) electrons. The van der Waals surface area contributed by atoms with Gasteiger partial charge in [0, 0.05) is 56.8 Å². The van der Waals surface area contributed by atoms with Crippen molar-refractivity contribution in [1.29, 1.82) is 0 Å². The molecule has 4 aromatic rings. The minimum Gasteiger partial charge on any atom is -0.508 e. The van der Waals surface area contributed by atoms with Gasteiger partial charge in [-0.1, -0.05) is 70.5 Å². The number of thiol groups is 1. The number of rotatable bonds is 41. The molecule has 538 valence electrons. The monoisotopic (exact) mass is 1400 g/mol. The minimum atomic E-state index is -2.06. The van der Waals surface area contributed by atoms with E-state index in [1.54, 1.807) is 39.8 Å². The van der Waals surface area contributed by atoms with Crippen molar-refractivity contribution in [2.24, 2.45) is 39.8 Å². The highest BCUT2D eigenvalue weighted by Crippen LogP contribution is 2.18. The molecule has 3 aromatic carbocycles. The van der Waals surface area contributed by atoms with E-state index in [1.807, 2.05) is 0 Å². The van der Waals surface area contributed by atoms with Gasteiger partial charge in [-0.05, 0) is 84.2 Å². The predicted molar refractivity (Wildman–Crippen MR) is 361 cm³/mol. The number of nitrogens with one attached hydrogen (secondary N) is 11. The smallest absolute Gasteiger partial charge is 0.305 e. The number of hydrogen-bond donors (Lipinski definition) is 20. The number of H-pyrrole nitrogens is 1. The molecule has 1 heterocycles. The molecule has 1 aromatic heterocycles. The summed E-state index contributed by atoms with van der Waals surface area (Å²) in [6, 6.07) is 0.758. The molecule has 11 atom stereocenters. The molecule has 0 aliphatic rings. The van der Waals surface area contributed by atoms with E-state index in [1.165, 1.54) is 80.1 Å². The van der Waals surface area contributed by atoms with Crippen LogP contribution in [-0.4, -0.2) is 186 Å². The molecule has 34 nitrogen and oxygen atoms in total. The molecule has 0 aliphatic carbocycles. The van der Waals surface area contributed by atoms with Crippen LogP contribution in [0.25, 0.3) is 0 Å². The Morgan fingerprint density at radius 1 is 0.505 bits per heavy atom. The van der Waals surface area contributed by atoms with Crippen molar-refractivity contribution in [3.63, 3.8) is 0 Å². The maximum atomic E-state index is 14.8. The summed E-state index contributed by atoms with van der Waals surface area (Å²) in [4.78, 5) is 189. The Bertz CT molecular complexity index is 3470. The number of aliphatic carboxylic acids is 1. The Kier molecular flexibility index (Phi) is 32.4. The summed E-state index contributed by atoms with van der Waals surface area (Å²) in [6.07, 6.45) is -0.500. The molecule has 0 saturated carbocycles. The lowest BCUT2D eigenvalue weighted by Crippen LogP contribution is -2.61. The van der Waals surface area contributed by atoms with E-state index in [-0.39, 0.29) is 84.8 Å². The highest BCUT2D eigenvalue weighted by atomic mass is 32.1. The number of nitrogens with two attached hydrogens (primary N) is 4. The Labute approximate surface area is 575 Å². The van der Waals surface area contributed by atoms with Crippen LogP contribution < -0.4 is 76.1 Å². The van der Waals surface area contributed by atoms with E-state index >= 15 is 0 Å². The molecule has 99 heavy (non-hydrogen) atoms. The van der Waals surface area contributed by atoms with Crippen molar-refractivity contribution in [2.75, 3.05) is 12.3 Å². The van der Waals surface area contributed by atoms with Crippen LogP contribution >= 0.6 is 12.6 Å². The van der Waals surface area contributed by atoms with Crippen LogP contribution in [0.4, 0.5) is 0 Å². The van der Waals surface area contributed by atoms with Gasteiger partial charge in [0.15, 0.2) is 5.96 Å². The summed E-state index contributed by atoms with van der Waals surface area (Å²) in [5.41, 5.74) is 23.3. The van der Waals surface area contributed by atoms with Crippen LogP contribution in [0, 0.1) is 11.8 Å². The first-order valence-electron chi connectivity index (χ1n) is 31.5. The standard InChI is InChI=1S/C64H89N17O17S/c1-6-33(4)53(81-62(97)44(72-34(5)82)23-35-9-15-39(83)16-10-35)63(98)73-42(8-7-21-70-64(67)68)55(90)74-43(22-32(2)3)56(91)75-46(25-37-13-19-41(85)20-14-37)58(93)79-49(28-52(87)88)61(96)76-45(24-36-11-17-40(84)18-12-36)57(92)77-47(26-38-29-69-31-71-38)59(94)78-48(27-51(65)86)60(95)80-50(30-99)54(66)89/h9-20,29,31-33,42-50,53,83-85,99H,6-8,21-28,30H2,1-5H3,(H2,65,86)(H2,66,89)(H,69,71)(H,72,82)(H,73,98)(H,74,90)(H,75,91)(H,76,96)(H,77,92)(H,78,94)(H,79,93)(H,80,95)(H,81,97)(H,87,88)(H4,67,68,70)/t33-,42-,43-,44-,45-,46-,47-,48-,49-,50-,53-/m0/s1. The third-order valence-electron chi connectivity index (χ3n) is 15.3. The summed E-state index contributed by atoms with van der Waals surface area (Å²) in [5, 5.41) is 65.4. The number of aromatic nitrogens is 2. The average molecular weight is 1400 g/mol. The second-order valence-corrected chi connectivity index (χ2v) is 24.3. The average Bonchev–Trinajstić information content (AvgIpc) is 0.903. The lowest BCUT2D eigenvalue weighted by molar-refractivity contribution is -0.141. The number of carboxylic acids is 1. The van der Waals surface area contributed by atoms with Crippen molar-refractivity contribution in [3.05, 3.63) is 108 Å². The molecule has 12 amide bonds. The fourth-order valence-electron chi connectivity index (χ4n) is 9.90. The number of imidazole rings is 1. The Morgan fingerprint density at radius 2 is 0.889 bits per heavy atom. The zero-order valence-corrected chi connectivity index (χ0v) is 56.1. The van der Waals surface area contributed by atoms with Crippen molar-refractivity contribution >= 4 is 95.4 Å². The van der Waals surface area contributed by atoms with E-state index in [0.29, 0.717) is 17.5 Å². The summed E-state index contributed by atoms with van der Waals surface area (Å²) in [5.74, 6) is -15.4. The zero-order valence-electron chi connectivity index (χ0n) is 55.2. The zero-order chi connectivity index (χ0) is 73.6. The highest BCUT2D eigenvalue weighted by Gasteiger charge is 2.38. The maximum Gasteiger partial charge on any atom is 0.305 e. The van der Waals surface area contributed by atoms with Crippen molar-refractivity contribution in [2.45, 2.75) is 159 Å². The fourth-order valence-corrected chi connectivity index (χ4v) is 10.2. The number of amides is 12. The van der Waals surface area contributed by atoms with Gasteiger partial charge in [-0.15, -0.1) is 0 Å². The Balaban J connectivity index is 1.70. The molecular formula is C64H89N17O17S. The van der Waals surface area contributed by atoms with Crippen LogP contribution in [0.3, 0.4) is 0 Å². The van der Waals surface area contributed by atoms with Crippen LogP contribution in [0.15, 0.2) is 90.3 Å². The van der Waals surface area contributed by atoms with Gasteiger partial charge in [0.2, 0.25) is 70.9 Å². The van der Waals surface area contributed by atoms with Crippen LogP contribution in [0.1, 0.15) is 95.5 Å². The van der Waals surface area contributed by atoms with Crippen molar-refractivity contribution in [1.82, 2.24) is 63.1 Å². The number of primary amides is 2. The van der Waals surface area contributed by atoms with Gasteiger partial charge < -0.3 is 102 Å². The number of phenols is 3. The first-order valence-corrected chi connectivity index (χ1v) is 32.2. The first kappa shape index (κ1) is 80.4. The summed E-state index contributed by atoms with van der Waals surface area (Å²) >= 11 is 4.00. The van der Waals surface area contributed by atoms with Gasteiger partial charge in [-0.25, -0.2) is 4.98 Å².